The zero-order valence-electron chi connectivity index (χ0n) is 17.9. The normalized spacial score (nSPS) is 12.7. The van der Waals surface area contributed by atoms with Crippen molar-refractivity contribution in [1.29, 1.82) is 0 Å². The van der Waals surface area contributed by atoms with Crippen LogP contribution in [-0.4, -0.2) is 31.2 Å². The van der Waals surface area contributed by atoms with E-state index < -0.39 is 0 Å². The Morgan fingerprint density at radius 2 is 1.72 bits per heavy atom. The Kier molecular flexibility index (Phi) is 6.57. The maximum Gasteiger partial charge on any atom is 0.256 e. The number of fused-ring (bicyclic) bond motifs is 1. The number of carbonyl (C=O) groups is 1. The highest BCUT2D eigenvalue weighted by Crippen LogP contribution is 2.25. The van der Waals surface area contributed by atoms with Gasteiger partial charge in [0.25, 0.3) is 5.78 Å². The van der Waals surface area contributed by atoms with Crippen LogP contribution in [0.25, 0.3) is 5.78 Å². The zero-order valence-corrected chi connectivity index (χ0v) is 18.7. The summed E-state index contributed by atoms with van der Waals surface area (Å²) in [6, 6.07) is 10.5. The number of amides is 1. The molecule has 0 bridgehead atoms. The third kappa shape index (κ3) is 4.96. The van der Waals surface area contributed by atoms with Crippen LogP contribution in [0, 0.1) is 19.8 Å². The van der Waals surface area contributed by atoms with E-state index in [1.165, 1.54) is 17.3 Å². The monoisotopic (exact) mass is 411 g/mol. The van der Waals surface area contributed by atoms with Crippen LogP contribution in [0.15, 0.2) is 35.5 Å². The van der Waals surface area contributed by atoms with Crippen molar-refractivity contribution in [3.8, 4) is 0 Å². The lowest BCUT2D eigenvalue weighted by atomic mass is 9.93. The number of aromatic nitrogens is 4. The molecule has 6 nitrogen and oxygen atoms in total. The number of thioether (sulfide) groups is 1. The minimum Gasteiger partial charge on any atom is -0.348 e. The molecule has 3 rings (SSSR count). The molecule has 0 aliphatic heterocycles. The van der Waals surface area contributed by atoms with Crippen molar-refractivity contribution in [2.75, 3.05) is 5.75 Å². The maximum atomic E-state index is 12.7. The first-order chi connectivity index (χ1) is 13.8. The van der Waals surface area contributed by atoms with Gasteiger partial charge in [-0.15, -0.1) is 10.2 Å². The largest absolute Gasteiger partial charge is 0.348 e. The van der Waals surface area contributed by atoms with Crippen molar-refractivity contribution in [3.63, 3.8) is 0 Å². The van der Waals surface area contributed by atoms with Crippen LogP contribution in [0.1, 0.15) is 62.2 Å². The fraction of sp³-hybridized carbons (Fsp3) is 0.455. The Bertz CT molecular complexity index is 994. The molecule has 3 aromatic rings. The predicted molar refractivity (Wildman–Crippen MR) is 117 cm³/mol. The molecule has 0 unspecified atom stereocenters. The first kappa shape index (κ1) is 21.3. The number of aryl methyl sites for hydroxylation is 2. The van der Waals surface area contributed by atoms with Gasteiger partial charge in [-0.3, -0.25) is 9.20 Å². The van der Waals surface area contributed by atoms with Crippen LogP contribution in [0.2, 0.25) is 0 Å². The summed E-state index contributed by atoms with van der Waals surface area (Å²) in [5, 5.41) is 12.2. The molecule has 2 aromatic heterocycles. The van der Waals surface area contributed by atoms with Gasteiger partial charge in [-0.1, -0.05) is 63.7 Å². The number of nitrogens with one attached hydrogen (secondary N) is 1. The minimum atomic E-state index is -0.0227. The summed E-state index contributed by atoms with van der Waals surface area (Å²) in [6.07, 6.45) is 0. The summed E-state index contributed by atoms with van der Waals surface area (Å²) in [5.74, 6) is 1.61. The fourth-order valence-corrected chi connectivity index (χ4v) is 4.16. The highest BCUT2D eigenvalue weighted by Gasteiger charge is 2.19. The van der Waals surface area contributed by atoms with E-state index >= 15 is 0 Å². The topological polar surface area (TPSA) is 72.2 Å². The van der Waals surface area contributed by atoms with Gasteiger partial charge in [0.2, 0.25) is 5.91 Å². The molecule has 0 saturated heterocycles. The number of benzene rings is 1. The van der Waals surface area contributed by atoms with Crippen LogP contribution in [-0.2, 0) is 4.79 Å². The van der Waals surface area contributed by atoms with E-state index in [4.69, 9.17) is 0 Å². The summed E-state index contributed by atoms with van der Waals surface area (Å²) in [5.41, 5.74) is 4.34. The molecule has 0 aliphatic carbocycles. The maximum absolute atomic E-state index is 12.7. The van der Waals surface area contributed by atoms with Crippen LogP contribution in [0.5, 0.6) is 0 Å². The van der Waals surface area contributed by atoms with Crippen molar-refractivity contribution in [3.05, 3.63) is 52.8 Å². The number of hydrogen-bond donors (Lipinski definition) is 1. The lowest BCUT2D eigenvalue weighted by molar-refractivity contribution is -0.119. The van der Waals surface area contributed by atoms with Crippen molar-refractivity contribution < 1.29 is 4.79 Å². The standard InChI is InChI=1S/C22H29N5OS/c1-13(2)17-7-9-18(10-8-17)20(14(3)4)24-19(28)12-29-22-26-25-21-23-15(5)11-16(6)27(21)22/h7-11,13-14,20H,12H2,1-6H3,(H,24,28)/t20-/m1/s1. The van der Waals surface area contributed by atoms with Crippen molar-refractivity contribution in [2.24, 2.45) is 5.92 Å². The molecule has 0 radical (unpaired) electrons. The second-order valence-electron chi connectivity index (χ2n) is 8.06. The SMILES string of the molecule is Cc1cc(C)n2c(SCC(=O)N[C@@H](c3ccc(C(C)C)cc3)C(C)C)nnc2n1. The second-order valence-corrected chi connectivity index (χ2v) is 9.00. The summed E-state index contributed by atoms with van der Waals surface area (Å²) >= 11 is 1.38. The molecule has 1 atom stereocenters. The summed E-state index contributed by atoms with van der Waals surface area (Å²) in [7, 11) is 0. The van der Waals surface area contributed by atoms with Gasteiger partial charge in [0, 0.05) is 11.4 Å². The van der Waals surface area contributed by atoms with Gasteiger partial charge in [0.05, 0.1) is 11.8 Å². The molecule has 7 heteroatoms. The third-order valence-corrected chi connectivity index (χ3v) is 5.87. The number of hydrogen-bond acceptors (Lipinski definition) is 5. The molecule has 29 heavy (non-hydrogen) atoms. The second kappa shape index (κ2) is 8.95. The molecular weight excluding hydrogens is 382 g/mol. The summed E-state index contributed by atoms with van der Waals surface area (Å²) in [4.78, 5) is 17.1. The van der Waals surface area contributed by atoms with Crippen molar-refractivity contribution in [1.82, 2.24) is 24.9 Å². The highest BCUT2D eigenvalue weighted by molar-refractivity contribution is 7.99. The van der Waals surface area contributed by atoms with E-state index in [2.05, 4.69) is 72.5 Å². The molecule has 1 amide bonds. The Labute approximate surface area is 176 Å². The minimum absolute atomic E-state index is 0.0175. The molecule has 1 N–H and O–H groups in total. The van der Waals surface area contributed by atoms with E-state index in [1.54, 1.807) is 0 Å². The van der Waals surface area contributed by atoms with Crippen LogP contribution in [0.3, 0.4) is 0 Å². The van der Waals surface area contributed by atoms with E-state index in [9.17, 15) is 4.79 Å². The Hall–Kier alpha value is -2.41. The lowest BCUT2D eigenvalue weighted by Crippen LogP contribution is -2.33. The van der Waals surface area contributed by atoms with E-state index in [0.717, 1.165) is 17.0 Å². The lowest BCUT2D eigenvalue weighted by Gasteiger charge is -2.23. The Morgan fingerprint density at radius 3 is 2.34 bits per heavy atom. The molecule has 0 saturated carbocycles. The van der Waals surface area contributed by atoms with E-state index in [0.29, 0.717) is 16.9 Å². The van der Waals surface area contributed by atoms with Crippen LogP contribution in [0.4, 0.5) is 0 Å². The zero-order chi connectivity index (χ0) is 21.1. The molecule has 1 aromatic carbocycles. The summed E-state index contributed by atoms with van der Waals surface area (Å²) in [6.45, 7) is 12.5. The molecule has 2 heterocycles. The summed E-state index contributed by atoms with van der Waals surface area (Å²) < 4.78 is 1.88. The number of nitrogens with zero attached hydrogens (tertiary/aromatic N) is 4. The molecule has 0 fully saturated rings. The average molecular weight is 412 g/mol. The highest BCUT2D eigenvalue weighted by atomic mass is 32.2. The van der Waals surface area contributed by atoms with Gasteiger partial charge < -0.3 is 5.32 Å². The van der Waals surface area contributed by atoms with Gasteiger partial charge in [-0.25, -0.2) is 4.98 Å². The predicted octanol–water partition coefficient (Wildman–Crippen LogP) is 4.47. The molecular formula is C22H29N5OS. The first-order valence-corrected chi connectivity index (χ1v) is 11.0. The van der Waals surface area contributed by atoms with E-state index in [1.807, 2.05) is 24.3 Å². The van der Waals surface area contributed by atoms with E-state index in [-0.39, 0.29) is 23.6 Å². The van der Waals surface area contributed by atoms with Crippen LogP contribution < -0.4 is 5.32 Å². The van der Waals surface area contributed by atoms with Crippen molar-refractivity contribution >= 4 is 23.4 Å². The number of rotatable bonds is 7. The molecule has 0 aliphatic rings. The first-order valence-electron chi connectivity index (χ1n) is 9.97. The van der Waals surface area contributed by atoms with Gasteiger partial charge >= 0.3 is 0 Å². The molecule has 154 valence electrons. The quantitative estimate of drug-likeness (QED) is 0.581. The van der Waals surface area contributed by atoms with Gasteiger partial charge in [-0.2, -0.15) is 0 Å². The van der Waals surface area contributed by atoms with Crippen LogP contribution >= 0.6 is 11.8 Å². The Morgan fingerprint density at radius 1 is 1.07 bits per heavy atom. The fourth-order valence-electron chi connectivity index (χ4n) is 3.36. The molecule has 0 spiro atoms. The van der Waals surface area contributed by atoms with Gasteiger partial charge in [0.15, 0.2) is 5.16 Å². The average Bonchev–Trinajstić information content (AvgIpc) is 3.07. The third-order valence-electron chi connectivity index (χ3n) is 4.94. The van der Waals surface area contributed by atoms with Crippen molar-refractivity contribution in [2.45, 2.75) is 58.7 Å². The Balaban J connectivity index is 1.68. The smallest absolute Gasteiger partial charge is 0.256 e. The van der Waals surface area contributed by atoms with Gasteiger partial charge in [-0.05, 0) is 42.9 Å². The van der Waals surface area contributed by atoms with Gasteiger partial charge in [0.1, 0.15) is 0 Å². The number of carbonyl (C=O) groups excluding carboxylic acids is 1.